The molecule has 0 radical (unpaired) electrons. The topological polar surface area (TPSA) is 77.7 Å². The molecule has 116 valence electrons. The van der Waals surface area contributed by atoms with E-state index < -0.39 is 5.91 Å². The molecule has 0 atom stereocenters. The standard InChI is InChI=1S/C16H19N3O3/c1-19(14-6-7-18-9-13(14)16(17)20)10-11-8-12(21-2)4-5-15(11)22-3/h4-9H,10H2,1-3H3,(H2,17,20). The Bertz CT molecular complexity index is 673. The predicted octanol–water partition coefficient (Wildman–Crippen LogP) is 1.83. The van der Waals surface area contributed by atoms with Gasteiger partial charge in [-0.3, -0.25) is 9.78 Å². The quantitative estimate of drug-likeness (QED) is 0.880. The van der Waals surface area contributed by atoms with E-state index in [0.29, 0.717) is 17.8 Å². The summed E-state index contributed by atoms with van der Waals surface area (Å²) < 4.78 is 10.6. The fourth-order valence-corrected chi connectivity index (χ4v) is 2.26. The van der Waals surface area contributed by atoms with E-state index in [9.17, 15) is 4.79 Å². The molecule has 0 aliphatic rings. The van der Waals surface area contributed by atoms with Gasteiger partial charge >= 0.3 is 0 Å². The van der Waals surface area contributed by atoms with Gasteiger partial charge < -0.3 is 20.1 Å². The van der Waals surface area contributed by atoms with Gasteiger partial charge in [0.2, 0.25) is 0 Å². The van der Waals surface area contributed by atoms with E-state index in [-0.39, 0.29) is 0 Å². The van der Waals surface area contributed by atoms with Gasteiger partial charge in [-0.1, -0.05) is 0 Å². The minimum absolute atomic E-state index is 0.381. The van der Waals surface area contributed by atoms with Crippen LogP contribution in [-0.4, -0.2) is 32.2 Å². The summed E-state index contributed by atoms with van der Waals surface area (Å²) in [6.45, 7) is 0.532. The van der Waals surface area contributed by atoms with Crippen LogP contribution in [0.5, 0.6) is 11.5 Å². The van der Waals surface area contributed by atoms with E-state index >= 15 is 0 Å². The van der Waals surface area contributed by atoms with E-state index in [2.05, 4.69) is 4.98 Å². The number of pyridine rings is 1. The van der Waals surface area contributed by atoms with Crippen molar-refractivity contribution < 1.29 is 14.3 Å². The van der Waals surface area contributed by atoms with E-state index in [0.717, 1.165) is 17.1 Å². The number of carbonyl (C=O) groups excluding carboxylic acids is 1. The molecule has 0 fully saturated rings. The van der Waals surface area contributed by atoms with Gasteiger partial charge in [0.05, 0.1) is 25.5 Å². The lowest BCUT2D eigenvalue weighted by Gasteiger charge is -2.22. The summed E-state index contributed by atoms with van der Waals surface area (Å²) in [6, 6.07) is 7.35. The molecule has 1 heterocycles. The first kappa shape index (κ1) is 15.6. The summed E-state index contributed by atoms with van der Waals surface area (Å²) in [4.78, 5) is 17.4. The van der Waals surface area contributed by atoms with Crippen molar-refractivity contribution in [3.05, 3.63) is 47.8 Å². The fourth-order valence-electron chi connectivity index (χ4n) is 2.26. The molecule has 0 saturated heterocycles. The van der Waals surface area contributed by atoms with Crippen LogP contribution in [0.3, 0.4) is 0 Å². The van der Waals surface area contributed by atoms with Crippen molar-refractivity contribution in [3.8, 4) is 11.5 Å². The van der Waals surface area contributed by atoms with Crippen LogP contribution in [0, 0.1) is 0 Å². The minimum atomic E-state index is -0.507. The molecule has 0 aliphatic carbocycles. The number of ether oxygens (including phenoxy) is 2. The van der Waals surface area contributed by atoms with Crippen LogP contribution in [0.25, 0.3) is 0 Å². The van der Waals surface area contributed by atoms with E-state index in [1.54, 1.807) is 26.5 Å². The Balaban J connectivity index is 2.33. The number of rotatable bonds is 6. The Hall–Kier alpha value is -2.76. The first-order chi connectivity index (χ1) is 10.6. The first-order valence-electron chi connectivity index (χ1n) is 6.72. The number of methoxy groups -OCH3 is 2. The number of nitrogens with zero attached hydrogens (tertiary/aromatic N) is 2. The normalized spacial score (nSPS) is 10.1. The smallest absolute Gasteiger partial charge is 0.252 e. The number of primary amides is 1. The molecular weight excluding hydrogens is 282 g/mol. The van der Waals surface area contributed by atoms with Gasteiger partial charge in [0.15, 0.2) is 0 Å². The first-order valence-corrected chi connectivity index (χ1v) is 6.72. The lowest BCUT2D eigenvalue weighted by molar-refractivity contribution is 0.100. The van der Waals surface area contributed by atoms with Gasteiger partial charge in [0, 0.05) is 31.5 Å². The number of carbonyl (C=O) groups is 1. The number of amides is 1. The number of benzene rings is 1. The third-order valence-corrected chi connectivity index (χ3v) is 3.37. The molecule has 2 rings (SSSR count). The van der Waals surface area contributed by atoms with Crippen molar-refractivity contribution in [2.24, 2.45) is 5.73 Å². The lowest BCUT2D eigenvalue weighted by atomic mass is 10.1. The minimum Gasteiger partial charge on any atom is -0.497 e. The monoisotopic (exact) mass is 301 g/mol. The molecule has 2 N–H and O–H groups in total. The van der Waals surface area contributed by atoms with Crippen LogP contribution >= 0.6 is 0 Å². The molecule has 0 unspecified atom stereocenters. The van der Waals surface area contributed by atoms with Gasteiger partial charge in [0.25, 0.3) is 5.91 Å². The van der Waals surface area contributed by atoms with Crippen molar-refractivity contribution in [2.75, 3.05) is 26.2 Å². The maximum absolute atomic E-state index is 11.5. The lowest BCUT2D eigenvalue weighted by Crippen LogP contribution is -2.22. The Morgan fingerprint density at radius 1 is 1.27 bits per heavy atom. The highest BCUT2D eigenvalue weighted by Crippen LogP contribution is 2.27. The number of aromatic nitrogens is 1. The third-order valence-electron chi connectivity index (χ3n) is 3.37. The summed E-state index contributed by atoms with van der Waals surface area (Å²) in [5.41, 5.74) is 7.43. The van der Waals surface area contributed by atoms with Gasteiger partial charge in [0.1, 0.15) is 11.5 Å². The van der Waals surface area contributed by atoms with Crippen LogP contribution in [0.15, 0.2) is 36.7 Å². The Kier molecular flexibility index (Phi) is 4.83. The van der Waals surface area contributed by atoms with E-state index in [4.69, 9.17) is 15.2 Å². The highest BCUT2D eigenvalue weighted by molar-refractivity contribution is 5.98. The van der Waals surface area contributed by atoms with Gasteiger partial charge in [-0.2, -0.15) is 0 Å². The second-order valence-corrected chi connectivity index (χ2v) is 4.79. The van der Waals surface area contributed by atoms with E-state index in [1.165, 1.54) is 6.20 Å². The molecule has 2 aromatic rings. The summed E-state index contributed by atoms with van der Waals surface area (Å²) >= 11 is 0. The summed E-state index contributed by atoms with van der Waals surface area (Å²) in [7, 11) is 5.11. The van der Waals surface area contributed by atoms with Crippen LogP contribution in [0.1, 0.15) is 15.9 Å². The van der Waals surface area contributed by atoms with Crippen molar-refractivity contribution in [1.29, 1.82) is 0 Å². The molecule has 6 heteroatoms. The Morgan fingerprint density at radius 3 is 2.68 bits per heavy atom. The predicted molar refractivity (Wildman–Crippen MR) is 84.4 cm³/mol. The van der Waals surface area contributed by atoms with Gasteiger partial charge in [-0.05, 0) is 24.3 Å². The zero-order chi connectivity index (χ0) is 16.1. The van der Waals surface area contributed by atoms with Crippen LogP contribution in [0.2, 0.25) is 0 Å². The second-order valence-electron chi connectivity index (χ2n) is 4.79. The van der Waals surface area contributed by atoms with Gasteiger partial charge in [-0.25, -0.2) is 0 Å². The van der Waals surface area contributed by atoms with Crippen LogP contribution in [0.4, 0.5) is 5.69 Å². The van der Waals surface area contributed by atoms with Crippen molar-refractivity contribution in [1.82, 2.24) is 4.98 Å². The van der Waals surface area contributed by atoms with Crippen molar-refractivity contribution in [2.45, 2.75) is 6.54 Å². The van der Waals surface area contributed by atoms with E-state index in [1.807, 2.05) is 30.1 Å². The molecule has 0 spiro atoms. The molecule has 6 nitrogen and oxygen atoms in total. The highest BCUT2D eigenvalue weighted by Gasteiger charge is 2.14. The molecule has 1 aromatic heterocycles. The number of nitrogens with two attached hydrogens (primary N) is 1. The van der Waals surface area contributed by atoms with Crippen LogP contribution < -0.4 is 20.1 Å². The zero-order valence-corrected chi connectivity index (χ0v) is 12.9. The molecule has 0 aliphatic heterocycles. The molecule has 1 aromatic carbocycles. The zero-order valence-electron chi connectivity index (χ0n) is 12.9. The SMILES string of the molecule is COc1ccc(OC)c(CN(C)c2ccncc2C(N)=O)c1. The van der Waals surface area contributed by atoms with Crippen LogP contribution in [-0.2, 0) is 6.54 Å². The average molecular weight is 301 g/mol. The average Bonchev–Trinajstić information content (AvgIpc) is 2.54. The number of hydrogen-bond donors (Lipinski definition) is 1. The second kappa shape index (κ2) is 6.80. The molecule has 0 saturated carbocycles. The largest absolute Gasteiger partial charge is 0.497 e. The summed E-state index contributed by atoms with van der Waals surface area (Å²) in [6.07, 6.45) is 3.10. The van der Waals surface area contributed by atoms with Crippen molar-refractivity contribution >= 4 is 11.6 Å². The summed E-state index contributed by atoms with van der Waals surface area (Å²) in [5, 5.41) is 0. The third kappa shape index (κ3) is 3.28. The molecule has 1 amide bonds. The molecule has 0 bridgehead atoms. The number of anilines is 1. The Labute approximate surface area is 129 Å². The molecular formula is C16H19N3O3. The fraction of sp³-hybridized carbons (Fsp3) is 0.250. The summed E-state index contributed by atoms with van der Waals surface area (Å²) in [5.74, 6) is 0.990. The number of hydrogen-bond acceptors (Lipinski definition) is 5. The molecule has 22 heavy (non-hydrogen) atoms. The maximum atomic E-state index is 11.5. The van der Waals surface area contributed by atoms with Gasteiger partial charge in [-0.15, -0.1) is 0 Å². The Morgan fingerprint density at radius 2 is 2.05 bits per heavy atom. The highest BCUT2D eigenvalue weighted by atomic mass is 16.5. The van der Waals surface area contributed by atoms with Crippen molar-refractivity contribution in [3.63, 3.8) is 0 Å². The maximum Gasteiger partial charge on any atom is 0.252 e.